The zero-order valence-corrected chi connectivity index (χ0v) is 9.72. The van der Waals surface area contributed by atoms with Gasteiger partial charge in [-0.1, -0.05) is 0 Å². The molecule has 18 heavy (non-hydrogen) atoms. The van der Waals surface area contributed by atoms with Crippen molar-refractivity contribution in [1.82, 2.24) is 4.57 Å². The van der Waals surface area contributed by atoms with Gasteiger partial charge in [-0.25, -0.2) is 0 Å². The van der Waals surface area contributed by atoms with E-state index in [0.717, 1.165) is 10.6 Å². The monoisotopic (exact) mass is 257 g/mol. The maximum Gasteiger partial charge on any atom is 0.256 e. The molecule has 2 heterocycles. The molecule has 7 nitrogen and oxygen atoms in total. The fraction of sp³-hybridized carbons (Fsp3) is 0.545. The fourth-order valence-electron chi connectivity index (χ4n) is 2.06. The normalized spacial score (nSPS) is 35.9. The quantitative estimate of drug-likeness (QED) is 0.516. The number of hydrogen-bond acceptors (Lipinski definition) is 6. The molecule has 0 bridgehead atoms. The molecule has 100 valence electrons. The van der Waals surface area contributed by atoms with Crippen LogP contribution in [0, 0.1) is 0 Å². The second-order valence-electron chi connectivity index (χ2n) is 4.51. The third-order valence-electron chi connectivity index (χ3n) is 3.12. The maximum atomic E-state index is 11.7. The van der Waals surface area contributed by atoms with E-state index < -0.39 is 36.2 Å². The van der Waals surface area contributed by atoms with Crippen molar-refractivity contribution in [3.63, 3.8) is 0 Å². The first-order valence-corrected chi connectivity index (χ1v) is 5.46. The number of nitrogens with zero attached hydrogens (tertiary/aromatic N) is 1. The lowest BCUT2D eigenvalue weighted by molar-refractivity contribution is -0.0982. The van der Waals surface area contributed by atoms with Crippen LogP contribution in [-0.4, -0.2) is 49.4 Å². The Morgan fingerprint density at radius 2 is 2.22 bits per heavy atom. The molecular weight excluding hydrogens is 242 g/mol. The van der Waals surface area contributed by atoms with Crippen LogP contribution in [0.15, 0.2) is 23.1 Å². The number of aliphatic hydroxyl groups excluding tert-OH is 2. The lowest BCUT2D eigenvalue weighted by Crippen LogP contribution is -2.45. The first kappa shape index (κ1) is 13.0. The van der Waals surface area contributed by atoms with Gasteiger partial charge in [-0.05, 0) is 13.0 Å². The molecule has 0 radical (unpaired) electrons. The third kappa shape index (κ3) is 1.91. The first-order valence-electron chi connectivity index (χ1n) is 5.46. The van der Waals surface area contributed by atoms with Crippen molar-refractivity contribution in [3.8, 4) is 5.75 Å². The predicted octanol–water partition coefficient (Wildman–Crippen LogP) is -1.44. The highest BCUT2D eigenvalue weighted by Gasteiger charge is 2.52. The van der Waals surface area contributed by atoms with Gasteiger partial charge in [0.25, 0.3) is 5.56 Å². The summed E-state index contributed by atoms with van der Waals surface area (Å²) in [6, 6.07) is 2.23. The summed E-state index contributed by atoms with van der Waals surface area (Å²) < 4.78 is 6.33. The van der Waals surface area contributed by atoms with Gasteiger partial charge in [0.1, 0.15) is 23.6 Å². The molecule has 0 aromatic carbocycles. The van der Waals surface area contributed by atoms with Gasteiger partial charge in [-0.3, -0.25) is 9.36 Å². The molecule has 1 fully saturated rings. The summed E-state index contributed by atoms with van der Waals surface area (Å²) in [5, 5.41) is 38.1. The van der Waals surface area contributed by atoms with E-state index in [1.54, 1.807) is 0 Å². The molecule has 1 aromatic rings. The van der Waals surface area contributed by atoms with Crippen LogP contribution in [0.2, 0.25) is 0 Å². The zero-order valence-electron chi connectivity index (χ0n) is 9.72. The summed E-state index contributed by atoms with van der Waals surface area (Å²) in [5.41, 5.74) is -2.29. The minimum atomic E-state index is -1.71. The van der Waals surface area contributed by atoms with Crippen LogP contribution in [0.25, 0.3) is 0 Å². The summed E-state index contributed by atoms with van der Waals surface area (Å²) in [4.78, 5) is 11.7. The van der Waals surface area contributed by atoms with Crippen molar-refractivity contribution in [1.29, 1.82) is 0 Å². The van der Waals surface area contributed by atoms with Crippen molar-refractivity contribution < 1.29 is 25.2 Å². The zero-order chi connectivity index (χ0) is 13.5. The van der Waals surface area contributed by atoms with Crippen LogP contribution in [0.4, 0.5) is 0 Å². The van der Waals surface area contributed by atoms with E-state index in [0.29, 0.717) is 0 Å². The Labute approximate surface area is 102 Å². The van der Waals surface area contributed by atoms with Crippen LogP contribution in [0.1, 0.15) is 13.2 Å². The Hall–Kier alpha value is -1.41. The molecular formula is C11H15NO6. The lowest BCUT2D eigenvalue weighted by Gasteiger charge is -2.27. The second kappa shape index (κ2) is 4.36. The van der Waals surface area contributed by atoms with E-state index in [4.69, 9.17) is 14.9 Å². The van der Waals surface area contributed by atoms with Gasteiger partial charge in [-0.15, -0.1) is 0 Å². The van der Waals surface area contributed by atoms with Gasteiger partial charge in [0.2, 0.25) is 0 Å². The van der Waals surface area contributed by atoms with Crippen LogP contribution in [-0.2, 0) is 4.74 Å². The highest BCUT2D eigenvalue weighted by Crippen LogP contribution is 2.37. The predicted molar refractivity (Wildman–Crippen MR) is 60.0 cm³/mol. The summed E-state index contributed by atoms with van der Waals surface area (Å²) in [7, 11) is 0. The van der Waals surface area contributed by atoms with Gasteiger partial charge in [0.15, 0.2) is 6.23 Å². The molecule has 4 N–H and O–H groups in total. The molecule has 1 aliphatic rings. The number of rotatable bonds is 2. The highest BCUT2D eigenvalue weighted by atomic mass is 16.6. The first-order chi connectivity index (χ1) is 8.37. The fourth-order valence-corrected chi connectivity index (χ4v) is 2.06. The standard InChI is InChI=1S/C11H15NO6/c1-11(17)9(16)7(5-13)18-10(11)12-3-2-6(14)4-8(12)15/h2-4,7,9-10,13-14,16-17H,5H2,1H3/t7?,9?,10?,11-/m1/s1. The van der Waals surface area contributed by atoms with Gasteiger partial charge >= 0.3 is 0 Å². The average Bonchev–Trinajstić information content (AvgIpc) is 2.52. The molecule has 0 aliphatic carbocycles. The van der Waals surface area contributed by atoms with Crippen molar-refractivity contribution in [3.05, 3.63) is 28.7 Å². The molecule has 1 saturated heterocycles. The summed E-state index contributed by atoms with van der Waals surface area (Å²) in [6.45, 7) is 0.845. The summed E-state index contributed by atoms with van der Waals surface area (Å²) in [6.07, 6.45) is -2.15. The number of ether oxygens (including phenoxy) is 1. The van der Waals surface area contributed by atoms with Gasteiger partial charge < -0.3 is 25.2 Å². The molecule has 1 aliphatic heterocycles. The van der Waals surface area contributed by atoms with Gasteiger partial charge in [-0.2, -0.15) is 0 Å². The van der Waals surface area contributed by atoms with Crippen molar-refractivity contribution in [2.45, 2.75) is 31.0 Å². The molecule has 0 saturated carbocycles. The Morgan fingerprint density at radius 3 is 2.72 bits per heavy atom. The molecule has 0 spiro atoms. The number of pyridine rings is 1. The van der Waals surface area contributed by atoms with Crippen molar-refractivity contribution >= 4 is 0 Å². The molecule has 1 aromatic heterocycles. The van der Waals surface area contributed by atoms with Crippen LogP contribution in [0.5, 0.6) is 5.75 Å². The van der Waals surface area contributed by atoms with E-state index in [1.165, 1.54) is 19.2 Å². The van der Waals surface area contributed by atoms with Crippen LogP contribution < -0.4 is 5.56 Å². The van der Waals surface area contributed by atoms with E-state index >= 15 is 0 Å². The van der Waals surface area contributed by atoms with Gasteiger partial charge in [0, 0.05) is 12.3 Å². The van der Waals surface area contributed by atoms with Gasteiger partial charge in [0.05, 0.1) is 6.61 Å². The summed E-state index contributed by atoms with van der Waals surface area (Å²) in [5.74, 6) is -0.201. The molecule has 3 unspecified atom stereocenters. The maximum absolute atomic E-state index is 11.7. The topological polar surface area (TPSA) is 112 Å². The average molecular weight is 257 g/mol. The SMILES string of the molecule is C[C@@]1(O)C(O)C(CO)OC1n1ccc(O)cc1=O. The van der Waals surface area contributed by atoms with E-state index in [9.17, 15) is 15.0 Å². The number of hydrogen-bond donors (Lipinski definition) is 4. The molecule has 2 rings (SSSR count). The van der Waals surface area contributed by atoms with E-state index in [2.05, 4.69) is 0 Å². The minimum Gasteiger partial charge on any atom is -0.508 e. The Morgan fingerprint density at radius 1 is 1.56 bits per heavy atom. The highest BCUT2D eigenvalue weighted by molar-refractivity contribution is 5.16. The third-order valence-corrected chi connectivity index (χ3v) is 3.12. The Balaban J connectivity index is 2.42. The number of aliphatic hydroxyl groups is 3. The Kier molecular flexibility index (Phi) is 3.16. The number of aromatic nitrogens is 1. The van der Waals surface area contributed by atoms with E-state index in [1.807, 2.05) is 0 Å². The minimum absolute atomic E-state index is 0.201. The van der Waals surface area contributed by atoms with E-state index in [-0.39, 0.29) is 5.75 Å². The molecule has 7 heteroatoms. The number of aromatic hydroxyl groups is 1. The molecule has 0 amide bonds. The van der Waals surface area contributed by atoms with Crippen LogP contribution in [0.3, 0.4) is 0 Å². The molecule has 4 atom stereocenters. The van der Waals surface area contributed by atoms with Crippen LogP contribution >= 0.6 is 0 Å². The Bertz CT molecular complexity index is 497. The van der Waals surface area contributed by atoms with Crippen molar-refractivity contribution in [2.24, 2.45) is 0 Å². The smallest absolute Gasteiger partial charge is 0.256 e. The largest absolute Gasteiger partial charge is 0.508 e. The lowest BCUT2D eigenvalue weighted by atomic mass is 9.96. The second-order valence-corrected chi connectivity index (χ2v) is 4.51. The summed E-state index contributed by atoms with van der Waals surface area (Å²) >= 11 is 0. The van der Waals surface area contributed by atoms with Crippen molar-refractivity contribution in [2.75, 3.05) is 6.61 Å².